The number of benzene rings is 5. The van der Waals surface area contributed by atoms with Crippen LogP contribution in [-0.2, 0) is 42.9 Å². The number of ether oxygens (including phenoxy) is 9. The summed E-state index contributed by atoms with van der Waals surface area (Å²) in [6.45, 7) is 35.9. The van der Waals surface area contributed by atoms with Gasteiger partial charge in [0.15, 0.2) is 26.4 Å². The number of carboxylic acid groups (broad SMARTS) is 2. The fraction of sp³-hybridized carbons (Fsp3) is 0.487. The Balaban J connectivity index is 0.000000337. The third-order valence-electron chi connectivity index (χ3n) is 15.5. The Morgan fingerprint density at radius 3 is 0.950 bits per heavy atom. The molecule has 2 aliphatic rings. The van der Waals surface area contributed by atoms with Gasteiger partial charge in [0.25, 0.3) is 11.8 Å². The lowest BCUT2D eigenvalue weighted by atomic mass is 9.92. The molecule has 0 radical (unpaired) electrons. The van der Waals surface area contributed by atoms with Gasteiger partial charge >= 0.3 is 41.8 Å². The number of phenols is 1. The number of aromatic carboxylic acids is 1. The summed E-state index contributed by atoms with van der Waals surface area (Å²) in [5, 5.41) is 26.6. The van der Waals surface area contributed by atoms with Crippen molar-refractivity contribution in [3.63, 3.8) is 0 Å². The quantitative estimate of drug-likeness (QED) is 0.0454. The number of hydrogen-bond donors (Lipinski definition) is 3. The molecular weight excluding hydrogens is 1300 g/mol. The van der Waals surface area contributed by atoms with Gasteiger partial charge in [-0.15, -0.1) is 0 Å². The van der Waals surface area contributed by atoms with Crippen molar-refractivity contribution in [3.05, 3.63) is 147 Å². The second-order valence-corrected chi connectivity index (χ2v) is 27.4. The summed E-state index contributed by atoms with van der Waals surface area (Å²) in [6.07, 6.45) is 2.31. The van der Waals surface area contributed by atoms with Crippen molar-refractivity contribution in [3.8, 4) is 28.7 Å². The molecule has 0 aliphatic carbocycles. The third kappa shape index (κ3) is 32.0. The molecule has 2 aliphatic heterocycles. The first-order valence-electron chi connectivity index (χ1n) is 33.0. The van der Waals surface area contributed by atoms with Crippen molar-refractivity contribution in [1.82, 2.24) is 19.6 Å². The molecule has 0 aromatic heterocycles. The van der Waals surface area contributed by atoms with Crippen molar-refractivity contribution in [1.29, 1.82) is 0 Å². The number of nitrogens with zero attached hydrogens (tertiary/aromatic N) is 4. The smallest absolute Gasteiger partial charge is 0.344 e. The van der Waals surface area contributed by atoms with Gasteiger partial charge in [0, 0.05) is 52.4 Å². The number of aromatic hydroxyl groups is 1. The van der Waals surface area contributed by atoms with Crippen molar-refractivity contribution in [2.45, 2.75) is 115 Å². The number of carbonyl (C=O) groups is 9. The number of carboxylic acids is 2. The maximum Gasteiger partial charge on any atom is 0.344 e. The van der Waals surface area contributed by atoms with Crippen molar-refractivity contribution in [2.24, 2.45) is 10.8 Å². The van der Waals surface area contributed by atoms with Gasteiger partial charge in [-0.3, -0.25) is 19.4 Å². The summed E-state index contributed by atoms with van der Waals surface area (Å²) < 4.78 is 45.2. The number of amides is 2. The molecule has 3 N–H and O–H groups in total. The van der Waals surface area contributed by atoms with Gasteiger partial charge in [-0.05, 0) is 211 Å². The highest BCUT2D eigenvalue weighted by atomic mass is 16.6. The summed E-state index contributed by atoms with van der Waals surface area (Å²) in [4.78, 5) is 111. The standard InChI is InChI=1S/C21H32N2O4.C20H30N2O4.C15H20O5.C11H12O5.C9H10O3/c1-16-14-17(20(25)26-5)6-7-18(16)27-15-19(24)23-12-10-22(11-13-23)9-8-21(2,3)4;1-15-13-16(19(24)25)5-6-17(15)26-14-18(23)22-11-9-21(10-12-22)8-7-20(2,3)4;1-10-8-11(14(17)18-5)6-7-12(10)19-9-13(16)20-15(2,3)4;1-7-5-8(11(14)15-2)3-4-9(7)16-6-10(12)13;1-6-5-7(9(11)12-2)3-4-8(6)10/h6-7,14H,8-13,15H2,1-5H3;5-6,13H,7-12,14H2,1-4H3,(H,24,25);6-8H,9H2,1-5H3;3-5H,6H2,1-2H3,(H,12,13);3-5,10H,1-2H3. The second kappa shape index (κ2) is 41.1. The monoisotopic (exact) mass is 1410 g/mol. The molecule has 0 saturated carbocycles. The van der Waals surface area contributed by atoms with Crippen LogP contribution in [0.3, 0.4) is 0 Å². The Morgan fingerprint density at radius 1 is 0.386 bits per heavy atom. The Morgan fingerprint density at radius 2 is 0.673 bits per heavy atom. The van der Waals surface area contributed by atoms with Gasteiger partial charge in [-0.25, -0.2) is 33.6 Å². The van der Waals surface area contributed by atoms with Gasteiger partial charge in [-0.2, -0.15) is 0 Å². The number of rotatable bonds is 21. The zero-order valence-corrected chi connectivity index (χ0v) is 62.0. The molecule has 7 rings (SSSR count). The molecule has 5 aromatic carbocycles. The summed E-state index contributed by atoms with van der Waals surface area (Å²) in [7, 11) is 5.30. The zero-order chi connectivity index (χ0) is 76.0. The maximum absolute atomic E-state index is 12.4. The van der Waals surface area contributed by atoms with E-state index >= 15 is 0 Å². The lowest BCUT2D eigenvalue weighted by Crippen LogP contribution is -2.50. The molecule has 5 aromatic rings. The van der Waals surface area contributed by atoms with Crippen LogP contribution in [0.15, 0.2) is 91.0 Å². The number of aliphatic carboxylic acids is 1. The van der Waals surface area contributed by atoms with Crippen LogP contribution in [0.5, 0.6) is 28.7 Å². The maximum atomic E-state index is 12.4. The Kier molecular flexibility index (Phi) is 34.8. The average Bonchev–Trinajstić information content (AvgIpc) is 0.889. The number of hydrogen-bond acceptors (Lipinski definition) is 21. The van der Waals surface area contributed by atoms with Gasteiger partial charge in [-0.1, -0.05) is 41.5 Å². The Bertz CT molecular complexity index is 3590. The van der Waals surface area contributed by atoms with Crippen LogP contribution in [0.1, 0.15) is 155 Å². The van der Waals surface area contributed by atoms with Crippen LogP contribution >= 0.6 is 0 Å². The van der Waals surface area contributed by atoms with E-state index in [0.717, 1.165) is 89.4 Å². The highest BCUT2D eigenvalue weighted by molar-refractivity contribution is 5.92. The Labute approximate surface area is 593 Å². The van der Waals surface area contributed by atoms with Crippen LogP contribution in [0.25, 0.3) is 0 Å². The predicted octanol–water partition coefficient (Wildman–Crippen LogP) is 10.6. The average molecular weight is 1410 g/mol. The molecule has 25 heteroatoms. The number of piperazine rings is 2. The van der Waals surface area contributed by atoms with E-state index in [1.54, 1.807) is 115 Å². The molecule has 0 spiro atoms. The number of carbonyl (C=O) groups excluding carboxylic acids is 7. The first kappa shape index (κ1) is 85.5. The topological polar surface area (TPSA) is 310 Å². The van der Waals surface area contributed by atoms with E-state index in [9.17, 15) is 43.2 Å². The molecule has 2 saturated heterocycles. The molecule has 101 heavy (non-hydrogen) atoms. The van der Waals surface area contributed by atoms with Gasteiger partial charge < -0.3 is 67.8 Å². The van der Waals surface area contributed by atoms with E-state index in [-0.39, 0.29) is 48.9 Å². The zero-order valence-electron chi connectivity index (χ0n) is 62.0. The van der Waals surface area contributed by atoms with Crippen LogP contribution in [0.4, 0.5) is 0 Å². The minimum Gasteiger partial charge on any atom is -0.508 e. The molecule has 2 fully saturated rings. The molecule has 554 valence electrons. The van der Waals surface area contributed by atoms with Crippen LogP contribution in [0.2, 0.25) is 0 Å². The van der Waals surface area contributed by atoms with Crippen LogP contribution < -0.4 is 18.9 Å². The number of esters is 5. The first-order valence-corrected chi connectivity index (χ1v) is 33.0. The fourth-order valence-electron chi connectivity index (χ4n) is 9.55. The normalized spacial score (nSPS) is 13.0. The first-order chi connectivity index (χ1) is 47.3. The van der Waals surface area contributed by atoms with Gasteiger partial charge in [0.1, 0.15) is 34.3 Å². The third-order valence-corrected chi connectivity index (χ3v) is 15.5. The highest BCUT2D eigenvalue weighted by Gasteiger charge is 2.26. The van der Waals surface area contributed by atoms with E-state index in [2.05, 4.69) is 65.6 Å². The molecule has 2 heterocycles. The van der Waals surface area contributed by atoms with Crippen LogP contribution in [0, 0.1) is 45.4 Å². The molecule has 0 atom stereocenters. The number of aryl methyl sites for hydroxylation is 5. The molecule has 0 unspecified atom stereocenters. The number of phenolic OH excluding ortho intramolecular Hbond substituents is 1. The molecule has 2 amide bonds. The second-order valence-electron chi connectivity index (χ2n) is 27.4. The van der Waals surface area contributed by atoms with Crippen molar-refractivity contribution >= 4 is 53.6 Å². The minimum absolute atomic E-state index is 0.00177. The molecular formula is C76H104N4O21. The predicted molar refractivity (Wildman–Crippen MR) is 380 cm³/mol. The van der Waals surface area contributed by atoms with E-state index in [4.69, 9.17) is 43.7 Å². The Hall–Kier alpha value is -9.75. The van der Waals surface area contributed by atoms with E-state index in [1.165, 1.54) is 52.7 Å². The van der Waals surface area contributed by atoms with Crippen LogP contribution in [-0.4, -0.2) is 214 Å². The minimum atomic E-state index is -1.04. The van der Waals surface area contributed by atoms with E-state index in [0.29, 0.717) is 72.8 Å². The molecule has 25 nitrogen and oxygen atoms in total. The van der Waals surface area contributed by atoms with Crippen molar-refractivity contribution < 1.29 is 101 Å². The summed E-state index contributed by atoms with van der Waals surface area (Å²) in [6, 6.07) is 23.8. The van der Waals surface area contributed by atoms with Gasteiger partial charge in [0.05, 0.1) is 56.3 Å². The lowest BCUT2D eigenvalue weighted by Gasteiger charge is -2.35. The summed E-state index contributed by atoms with van der Waals surface area (Å²) >= 11 is 0. The van der Waals surface area contributed by atoms with Crippen molar-refractivity contribution in [2.75, 3.05) is 120 Å². The number of methoxy groups -OCH3 is 4. The summed E-state index contributed by atoms with van der Waals surface area (Å²) in [5.74, 6) is -1.79. The fourth-order valence-corrected chi connectivity index (χ4v) is 9.55. The van der Waals surface area contributed by atoms with Gasteiger partial charge in [0.2, 0.25) is 0 Å². The lowest BCUT2D eigenvalue weighted by molar-refractivity contribution is -0.157. The molecule has 0 bridgehead atoms. The van der Waals surface area contributed by atoms with E-state index in [1.807, 2.05) is 16.7 Å². The summed E-state index contributed by atoms with van der Waals surface area (Å²) in [5.41, 5.74) is 5.72. The largest absolute Gasteiger partial charge is 0.508 e. The van der Waals surface area contributed by atoms with E-state index < -0.39 is 48.0 Å². The highest BCUT2D eigenvalue weighted by Crippen LogP contribution is 2.26. The SMILES string of the molecule is COC(=O)c1ccc(O)c(C)c1.COC(=O)c1ccc(OCC(=O)N2CCN(CCC(C)(C)C)CC2)c(C)c1.COC(=O)c1ccc(OCC(=O)O)c(C)c1.COC(=O)c1ccc(OCC(=O)OC(C)(C)C)c(C)c1.Cc1cc(C(=O)O)ccc1OCC(=O)N1CCN(CCC(C)(C)C)CC1.